The minimum Gasteiger partial charge on any atom is -0.442 e. The normalized spacial score (nSPS) is 14.4. The predicted octanol–water partition coefficient (Wildman–Crippen LogP) is 4.01. The molecule has 1 N–H and O–H groups in total. The molecule has 3 heterocycles. The number of fused-ring (bicyclic) bond motifs is 1. The van der Waals surface area contributed by atoms with Crippen molar-refractivity contribution in [2.24, 2.45) is 0 Å². The molecule has 0 saturated carbocycles. The van der Waals surface area contributed by atoms with Gasteiger partial charge in [0, 0.05) is 19.6 Å². The third-order valence-electron chi connectivity index (χ3n) is 5.41. The molecular weight excluding hydrogens is 352 g/mol. The number of benzene rings is 1. The highest BCUT2D eigenvalue weighted by atomic mass is 16.3. The lowest BCUT2D eigenvalue weighted by Crippen LogP contribution is -2.31. The van der Waals surface area contributed by atoms with E-state index in [0.29, 0.717) is 23.6 Å². The van der Waals surface area contributed by atoms with Crippen molar-refractivity contribution in [2.45, 2.75) is 46.1 Å². The van der Waals surface area contributed by atoms with Gasteiger partial charge in [-0.3, -0.25) is 4.79 Å². The van der Waals surface area contributed by atoms with E-state index in [2.05, 4.69) is 51.4 Å². The summed E-state index contributed by atoms with van der Waals surface area (Å²) in [7, 11) is 0. The molecule has 4 rings (SSSR count). The number of nitrogens with zero attached hydrogens (tertiary/aromatic N) is 3. The Morgan fingerprint density at radius 1 is 1.11 bits per heavy atom. The summed E-state index contributed by atoms with van der Waals surface area (Å²) in [5.41, 5.74) is 3.38. The Balaban J connectivity index is 1.61. The van der Waals surface area contributed by atoms with Gasteiger partial charge < -0.3 is 14.6 Å². The zero-order valence-electron chi connectivity index (χ0n) is 16.5. The van der Waals surface area contributed by atoms with Crippen LogP contribution in [0.25, 0.3) is 11.1 Å². The molecule has 1 saturated heterocycles. The van der Waals surface area contributed by atoms with E-state index < -0.39 is 0 Å². The summed E-state index contributed by atoms with van der Waals surface area (Å²) in [4.78, 5) is 24.0. The van der Waals surface area contributed by atoms with Crippen molar-refractivity contribution < 1.29 is 9.21 Å². The van der Waals surface area contributed by atoms with Crippen LogP contribution in [0.1, 0.15) is 53.4 Å². The lowest BCUT2D eigenvalue weighted by Gasteiger charge is -2.28. The number of hydrogen-bond donors (Lipinski definition) is 1. The monoisotopic (exact) mass is 378 g/mol. The first-order chi connectivity index (χ1) is 13.7. The van der Waals surface area contributed by atoms with Crippen LogP contribution < -0.4 is 10.2 Å². The smallest absolute Gasteiger partial charge is 0.255 e. The lowest BCUT2D eigenvalue weighted by molar-refractivity contribution is 0.0951. The zero-order valence-corrected chi connectivity index (χ0v) is 16.5. The maximum atomic E-state index is 13.0. The quantitative estimate of drug-likeness (QED) is 0.726. The molecule has 2 aromatic heterocycles. The molecule has 0 spiro atoms. The van der Waals surface area contributed by atoms with Crippen molar-refractivity contribution in [3.8, 4) is 0 Å². The largest absolute Gasteiger partial charge is 0.442 e. The third-order valence-corrected chi connectivity index (χ3v) is 5.41. The van der Waals surface area contributed by atoms with E-state index in [-0.39, 0.29) is 5.91 Å². The van der Waals surface area contributed by atoms with Crippen molar-refractivity contribution in [2.75, 3.05) is 18.0 Å². The first kappa shape index (κ1) is 18.5. The number of aryl methyl sites for hydroxylation is 2. The predicted molar refractivity (Wildman–Crippen MR) is 110 cm³/mol. The molecule has 28 heavy (non-hydrogen) atoms. The second-order valence-corrected chi connectivity index (χ2v) is 7.31. The summed E-state index contributed by atoms with van der Waals surface area (Å²) in [6, 6.07) is 8.31. The summed E-state index contributed by atoms with van der Waals surface area (Å²) in [6.45, 7) is 6.31. The van der Waals surface area contributed by atoms with Gasteiger partial charge in [-0.15, -0.1) is 0 Å². The van der Waals surface area contributed by atoms with Crippen molar-refractivity contribution >= 4 is 22.8 Å². The molecule has 1 amide bonds. The Morgan fingerprint density at radius 2 is 1.82 bits per heavy atom. The standard InChI is InChI=1S/C22H26N4O2/c1-3-16-7-9-17(10-8-16)13-23-21(27)18-15(2)28-22-19(18)20(24-14-25-22)26-11-5-4-6-12-26/h7-10,14H,3-6,11-13H2,1-2H3,(H,23,27). The van der Waals surface area contributed by atoms with E-state index in [1.165, 1.54) is 18.3 Å². The van der Waals surface area contributed by atoms with E-state index >= 15 is 0 Å². The fraction of sp³-hybridized carbons (Fsp3) is 0.409. The van der Waals surface area contributed by atoms with Crippen molar-refractivity contribution in [3.05, 3.63) is 53.0 Å². The van der Waals surface area contributed by atoms with Crippen LogP contribution in [-0.4, -0.2) is 29.0 Å². The first-order valence-electron chi connectivity index (χ1n) is 10.0. The van der Waals surface area contributed by atoms with Gasteiger partial charge in [-0.25, -0.2) is 9.97 Å². The van der Waals surface area contributed by atoms with Gasteiger partial charge in [0.15, 0.2) is 0 Å². The van der Waals surface area contributed by atoms with Gasteiger partial charge in [-0.2, -0.15) is 0 Å². The number of amides is 1. The molecule has 6 heteroatoms. The Labute approximate surface area is 165 Å². The Kier molecular flexibility index (Phi) is 5.28. The van der Waals surface area contributed by atoms with Crippen LogP contribution in [0.3, 0.4) is 0 Å². The summed E-state index contributed by atoms with van der Waals surface area (Å²) in [5, 5.41) is 3.75. The number of furan rings is 1. The third kappa shape index (κ3) is 3.59. The molecule has 1 aliphatic rings. The van der Waals surface area contributed by atoms with Crippen LogP contribution in [0.4, 0.5) is 5.82 Å². The SMILES string of the molecule is CCc1ccc(CNC(=O)c2c(C)oc3ncnc(N4CCCCC4)c23)cc1. The van der Waals surface area contributed by atoms with Crippen LogP contribution in [-0.2, 0) is 13.0 Å². The number of carbonyl (C=O) groups is 1. The molecule has 0 aliphatic carbocycles. The molecule has 1 fully saturated rings. The first-order valence-corrected chi connectivity index (χ1v) is 10.0. The fourth-order valence-electron chi connectivity index (χ4n) is 3.81. The number of hydrogen-bond acceptors (Lipinski definition) is 5. The van der Waals surface area contributed by atoms with Gasteiger partial charge in [-0.05, 0) is 43.7 Å². The number of anilines is 1. The molecular formula is C22H26N4O2. The second kappa shape index (κ2) is 8.00. The maximum absolute atomic E-state index is 13.0. The Bertz CT molecular complexity index is 972. The van der Waals surface area contributed by atoms with E-state index in [4.69, 9.17) is 4.42 Å². The van der Waals surface area contributed by atoms with Crippen molar-refractivity contribution in [1.29, 1.82) is 0 Å². The topological polar surface area (TPSA) is 71.3 Å². The number of aromatic nitrogens is 2. The van der Waals surface area contributed by atoms with Crippen molar-refractivity contribution in [3.63, 3.8) is 0 Å². The molecule has 0 bridgehead atoms. The second-order valence-electron chi connectivity index (χ2n) is 7.31. The van der Waals surface area contributed by atoms with Crippen LogP contribution in [0.5, 0.6) is 0 Å². The lowest BCUT2D eigenvalue weighted by atomic mass is 10.1. The number of rotatable bonds is 5. The zero-order chi connectivity index (χ0) is 19.5. The van der Waals surface area contributed by atoms with Crippen molar-refractivity contribution in [1.82, 2.24) is 15.3 Å². The van der Waals surface area contributed by atoms with Crippen LogP contribution in [0, 0.1) is 6.92 Å². The molecule has 0 atom stereocenters. The average molecular weight is 378 g/mol. The average Bonchev–Trinajstić information content (AvgIpc) is 3.09. The molecule has 0 unspecified atom stereocenters. The molecule has 3 aromatic rings. The summed E-state index contributed by atoms with van der Waals surface area (Å²) >= 11 is 0. The summed E-state index contributed by atoms with van der Waals surface area (Å²) in [6.07, 6.45) is 6.03. The van der Waals surface area contributed by atoms with E-state index in [1.54, 1.807) is 0 Å². The van der Waals surface area contributed by atoms with E-state index in [9.17, 15) is 4.79 Å². The van der Waals surface area contributed by atoms with Gasteiger partial charge in [0.25, 0.3) is 5.91 Å². The van der Waals surface area contributed by atoms with Gasteiger partial charge in [0.1, 0.15) is 17.9 Å². The summed E-state index contributed by atoms with van der Waals surface area (Å²) < 4.78 is 5.80. The Hall–Kier alpha value is -2.89. The van der Waals surface area contributed by atoms with Gasteiger partial charge in [0.05, 0.1) is 10.9 Å². The van der Waals surface area contributed by atoms with Gasteiger partial charge in [-0.1, -0.05) is 31.2 Å². The molecule has 6 nitrogen and oxygen atoms in total. The number of piperidine rings is 1. The number of nitrogens with one attached hydrogen (secondary N) is 1. The van der Waals surface area contributed by atoms with Gasteiger partial charge >= 0.3 is 0 Å². The van der Waals surface area contributed by atoms with Crippen LogP contribution >= 0.6 is 0 Å². The minimum absolute atomic E-state index is 0.149. The van der Waals surface area contributed by atoms with Gasteiger partial charge in [0.2, 0.25) is 5.71 Å². The number of carbonyl (C=O) groups excluding carboxylic acids is 1. The fourth-order valence-corrected chi connectivity index (χ4v) is 3.81. The minimum atomic E-state index is -0.149. The maximum Gasteiger partial charge on any atom is 0.255 e. The molecule has 146 valence electrons. The highest BCUT2D eigenvalue weighted by molar-refractivity contribution is 6.10. The highest BCUT2D eigenvalue weighted by Gasteiger charge is 2.25. The highest BCUT2D eigenvalue weighted by Crippen LogP contribution is 2.32. The summed E-state index contributed by atoms with van der Waals surface area (Å²) in [5.74, 6) is 1.23. The van der Waals surface area contributed by atoms with E-state index in [1.807, 2.05) is 6.92 Å². The molecule has 1 aliphatic heterocycles. The molecule has 1 aromatic carbocycles. The van der Waals surface area contributed by atoms with Crippen LogP contribution in [0.2, 0.25) is 0 Å². The van der Waals surface area contributed by atoms with E-state index in [0.717, 1.165) is 49.1 Å². The Morgan fingerprint density at radius 3 is 2.54 bits per heavy atom. The van der Waals surface area contributed by atoms with Crippen LogP contribution in [0.15, 0.2) is 35.0 Å². The molecule has 0 radical (unpaired) electrons.